The Labute approximate surface area is 218 Å². The highest BCUT2D eigenvalue weighted by Crippen LogP contribution is 2.61. The Morgan fingerprint density at radius 1 is 1.18 bits per heavy atom. The monoisotopic (exact) mass is 523 g/mol. The predicted octanol–water partition coefficient (Wildman–Crippen LogP) is 4.90. The van der Waals surface area contributed by atoms with Crippen molar-refractivity contribution in [2.45, 2.75) is 62.7 Å². The van der Waals surface area contributed by atoms with Crippen molar-refractivity contribution in [3.63, 3.8) is 0 Å². The predicted molar refractivity (Wildman–Crippen MR) is 134 cm³/mol. The average molecular weight is 524 g/mol. The second-order valence-electron chi connectivity index (χ2n) is 11.0. The highest BCUT2D eigenvalue weighted by atomic mass is 19.3. The summed E-state index contributed by atoms with van der Waals surface area (Å²) in [6.45, 7) is 4.68. The lowest BCUT2D eigenvalue weighted by Crippen LogP contribution is -2.44. The second-order valence-corrected chi connectivity index (χ2v) is 11.0. The number of alkyl halides is 2. The van der Waals surface area contributed by atoms with Crippen molar-refractivity contribution in [3.05, 3.63) is 76.7 Å². The van der Waals surface area contributed by atoms with Gasteiger partial charge in [0.2, 0.25) is 11.8 Å². The van der Waals surface area contributed by atoms with Crippen LogP contribution >= 0.6 is 0 Å². The summed E-state index contributed by atoms with van der Waals surface area (Å²) in [5.74, 6) is -4.52. The molecule has 0 bridgehead atoms. The van der Waals surface area contributed by atoms with E-state index in [1.54, 1.807) is 36.5 Å². The fourth-order valence-corrected chi connectivity index (χ4v) is 6.12. The maximum atomic E-state index is 16.0. The summed E-state index contributed by atoms with van der Waals surface area (Å²) in [6, 6.07) is 11.5. The molecule has 0 radical (unpaired) electrons. The van der Waals surface area contributed by atoms with Gasteiger partial charge in [-0.25, -0.2) is 13.2 Å². The van der Waals surface area contributed by atoms with Gasteiger partial charge in [-0.15, -0.1) is 0 Å². The number of ether oxygens (including phenoxy) is 1. The zero-order chi connectivity index (χ0) is 26.9. The lowest BCUT2D eigenvalue weighted by molar-refractivity contribution is -0.134. The van der Waals surface area contributed by atoms with Gasteiger partial charge >= 0.3 is 0 Å². The van der Waals surface area contributed by atoms with E-state index in [9.17, 15) is 18.4 Å². The van der Waals surface area contributed by atoms with Gasteiger partial charge < -0.3 is 4.74 Å². The van der Waals surface area contributed by atoms with E-state index < -0.39 is 28.9 Å². The number of rotatable bonds is 5. The van der Waals surface area contributed by atoms with E-state index in [4.69, 9.17) is 4.74 Å². The van der Waals surface area contributed by atoms with E-state index in [0.717, 1.165) is 12.5 Å². The Balaban J connectivity index is 1.23. The number of nitrogens with one attached hydrogen (secondary N) is 1. The van der Waals surface area contributed by atoms with Crippen LogP contribution in [0.1, 0.15) is 61.3 Å². The fourth-order valence-electron chi connectivity index (χ4n) is 6.12. The number of imide groups is 1. The molecule has 3 saturated heterocycles. The van der Waals surface area contributed by atoms with Crippen LogP contribution in [-0.2, 0) is 32.4 Å². The number of carbonyl (C=O) groups excluding carboxylic acids is 2. The molecular formula is C29H28F3N3O3. The minimum Gasteiger partial charge on any atom is -0.356 e. The number of epoxide rings is 1. The van der Waals surface area contributed by atoms with Gasteiger partial charge in [-0.3, -0.25) is 24.8 Å². The molecular weight excluding hydrogens is 495 g/mol. The van der Waals surface area contributed by atoms with Gasteiger partial charge in [0.05, 0.1) is 11.4 Å². The van der Waals surface area contributed by atoms with E-state index in [0.29, 0.717) is 54.5 Å². The SMILES string of the molecule is CC(F)(F)c1ccc(CN2CCC3(c4ccc5ncc(C6CCC(=O)NC6=O)cc5c4F)OC3(C)C2)cc1. The van der Waals surface area contributed by atoms with Gasteiger partial charge in [-0.1, -0.05) is 30.3 Å². The molecule has 0 saturated carbocycles. The summed E-state index contributed by atoms with van der Waals surface area (Å²) < 4.78 is 49.4. The van der Waals surface area contributed by atoms with Gasteiger partial charge in [0, 0.05) is 55.7 Å². The van der Waals surface area contributed by atoms with E-state index in [-0.39, 0.29) is 23.8 Å². The molecule has 1 N–H and O–H groups in total. The van der Waals surface area contributed by atoms with E-state index >= 15 is 4.39 Å². The number of piperidine rings is 2. The maximum absolute atomic E-state index is 16.0. The van der Waals surface area contributed by atoms with Crippen LogP contribution in [0.4, 0.5) is 13.2 Å². The number of pyridine rings is 1. The molecule has 0 spiro atoms. The number of benzene rings is 2. The van der Waals surface area contributed by atoms with Crippen molar-refractivity contribution in [1.29, 1.82) is 0 Å². The van der Waals surface area contributed by atoms with E-state index in [1.165, 1.54) is 12.1 Å². The van der Waals surface area contributed by atoms with Crippen molar-refractivity contribution in [2.24, 2.45) is 0 Å². The number of likely N-dealkylation sites (tertiary alicyclic amines) is 1. The van der Waals surface area contributed by atoms with Crippen LogP contribution in [0.15, 0.2) is 48.7 Å². The Hall–Kier alpha value is -3.30. The molecule has 1 aromatic heterocycles. The minimum absolute atomic E-state index is 0.0153. The molecule has 4 heterocycles. The lowest BCUT2D eigenvalue weighted by Gasteiger charge is -2.33. The molecule has 38 heavy (non-hydrogen) atoms. The summed E-state index contributed by atoms with van der Waals surface area (Å²) in [5, 5.41) is 2.67. The van der Waals surface area contributed by atoms with Crippen molar-refractivity contribution in [2.75, 3.05) is 13.1 Å². The molecule has 3 aliphatic rings. The topological polar surface area (TPSA) is 74.8 Å². The Kier molecular flexibility index (Phi) is 5.66. The zero-order valence-corrected chi connectivity index (χ0v) is 21.2. The van der Waals surface area contributed by atoms with Crippen LogP contribution < -0.4 is 5.32 Å². The minimum atomic E-state index is -2.87. The summed E-state index contributed by atoms with van der Waals surface area (Å²) in [5.41, 5.74) is 1.10. The molecule has 6 nitrogen and oxygen atoms in total. The Morgan fingerprint density at radius 3 is 2.63 bits per heavy atom. The second kappa shape index (κ2) is 8.61. The average Bonchev–Trinajstić information content (AvgIpc) is 3.49. The first kappa shape index (κ1) is 25.0. The number of aromatic nitrogens is 1. The number of halogens is 3. The van der Waals surface area contributed by atoms with Gasteiger partial charge in [0.1, 0.15) is 17.0 Å². The summed E-state index contributed by atoms with van der Waals surface area (Å²) in [7, 11) is 0. The standard InChI is InChI=1S/C29H28F3N3O3/c1-27-16-35(15-17-3-5-19(6-4-17)28(2,31)32)12-11-29(27,38-27)22-8-9-23-21(25(22)30)13-18(14-33-23)20-7-10-24(36)34-26(20)37/h3-6,8-9,13-14,20H,7,10-12,15-16H2,1-2H3,(H,34,36,37). The Bertz CT molecular complexity index is 1460. The van der Waals surface area contributed by atoms with Crippen LogP contribution in [0.25, 0.3) is 10.9 Å². The summed E-state index contributed by atoms with van der Waals surface area (Å²) in [6.07, 6.45) is 2.75. The molecule has 2 amide bonds. The largest absolute Gasteiger partial charge is 0.356 e. The quantitative estimate of drug-likeness (QED) is 0.381. The lowest BCUT2D eigenvalue weighted by atomic mass is 9.80. The molecule has 3 unspecified atom stereocenters. The van der Waals surface area contributed by atoms with Crippen molar-refractivity contribution in [3.8, 4) is 0 Å². The molecule has 6 rings (SSSR count). The van der Waals surface area contributed by atoms with Crippen molar-refractivity contribution in [1.82, 2.24) is 15.2 Å². The van der Waals surface area contributed by atoms with Crippen LogP contribution in [0.5, 0.6) is 0 Å². The highest BCUT2D eigenvalue weighted by molar-refractivity contribution is 6.01. The van der Waals surface area contributed by atoms with Crippen LogP contribution in [0.2, 0.25) is 0 Å². The number of amides is 2. The molecule has 0 aliphatic carbocycles. The number of fused-ring (bicyclic) bond motifs is 2. The number of carbonyl (C=O) groups is 2. The van der Waals surface area contributed by atoms with Crippen LogP contribution in [-0.4, -0.2) is 40.4 Å². The number of hydrogen-bond acceptors (Lipinski definition) is 5. The third-order valence-electron chi connectivity index (χ3n) is 8.28. The summed E-state index contributed by atoms with van der Waals surface area (Å²) in [4.78, 5) is 30.5. The normalized spacial score (nSPS) is 27.8. The third kappa shape index (κ3) is 4.08. The summed E-state index contributed by atoms with van der Waals surface area (Å²) >= 11 is 0. The number of hydrogen-bond donors (Lipinski definition) is 1. The van der Waals surface area contributed by atoms with Crippen molar-refractivity contribution < 1.29 is 27.5 Å². The smallest absolute Gasteiger partial charge is 0.270 e. The fraction of sp³-hybridized carbons (Fsp3) is 0.414. The highest BCUT2D eigenvalue weighted by Gasteiger charge is 2.70. The van der Waals surface area contributed by atoms with Crippen LogP contribution in [0, 0.1) is 5.82 Å². The van der Waals surface area contributed by atoms with Gasteiger partial charge in [0.25, 0.3) is 5.92 Å². The molecule has 3 fully saturated rings. The molecule has 2 aromatic carbocycles. The van der Waals surface area contributed by atoms with Gasteiger partial charge in [0.15, 0.2) is 0 Å². The first-order chi connectivity index (χ1) is 18.0. The third-order valence-corrected chi connectivity index (χ3v) is 8.28. The first-order valence-corrected chi connectivity index (χ1v) is 12.8. The van der Waals surface area contributed by atoms with Gasteiger partial charge in [-0.05, 0) is 43.0 Å². The molecule has 198 valence electrons. The molecule has 3 aliphatic heterocycles. The first-order valence-electron chi connectivity index (χ1n) is 12.8. The van der Waals surface area contributed by atoms with Crippen molar-refractivity contribution >= 4 is 22.7 Å². The Morgan fingerprint density at radius 2 is 1.95 bits per heavy atom. The number of nitrogens with zero attached hydrogens (tertiary/aromatic N) is 2. The van der Waals surface area contributed by atoms with E-state index in [1.807, 2.05) is 6.92 Å². The van der Waals surface area contributed by atoms with E-state index in [2.05, 4.69) is 15.2 Å². The molecule has 3 aromatic rings. The maximum Gasteiger partial charge on any atom is 0.270 e. The molecule has 9 heteroatoms. The van der Waals surface area contributed by atoms with Gasteiger partial charge in [-0.2, -0.15) is 0 Å². The van der Waals surface area contributed by atoms with Crippen LogP contribution in [0.3, 0.4) is 0 Å². The zero-order valence-electron chi connectivity index (χ0n) is 21.2. The molecule has 3 atom stereocenters.